The summed E-state index contributed by atoms with van der Waals surface area (Å²) in [4.78, 5) is 15.2. The number of nitrogens with two attached hydrogens (primary N) is 1. The second-order valence-electron chi connectivity index (χ2n) is 4.00. The van der Waals surface area contributed by atoms with E-state index in [1.807, 2.05) is 0 Å². The van der Waals surface area contributed by atoms with Crippen molar-refractivity contribution in [1.29, 1.82) is 0 Å². The van der Waals surface area contributed by atoms with Crippen molar-refractivity contribution in [2.24, 2.45) is 0 Å². The van der Waals surface area contributed by atoms with E-state index in [0.717, 1.165) is 16.9 Å². The monoisotopic (exact) mass is 301 g/mol. The fourth-order valence-electron chi connectivity index (χ4n) is 1.51. The predicted octanol–water partition coefficient (Wildman–Crippen LogP) is 3.28. The zero-order valence-electron chi connectivity index (χ0n) is 10.1. The Morgan fingerprint density at radius 2 is 2.15 bits per heavy atom. The Morgan fingerprint density at radius 3 is 2.80 bits per heavy atom. The Morgan fingerprint density at radius 1 is 1.40 bits per heavy atom. The zero-order valence-corrected chi connectivity index (χ0v) is 10.9. The molecule has 0 atom stereocenters. The zero-order chi connectivity index (χ0) is 14.8. The molecular weight excluding hydrogens is 291 g/mol. The molecule has 1 aromatic heterocycles. The van der Waals surface area contributed by atoms with Gasteiger partial charge < -0.3 is 11.1 Å². The highest BCUT2D eigenvalue weighted by Crippen LogP contribution is 2.27. The third-order valence-electron chi connectivity index (χ3n) is 2.29. The van der Waals surface area contributed by atoms with Gasteiger partial charge in [0.15, 0.2) is 5.13 Å². The molecule has 1 aromatic carbocycles. The van der Waals surface area contributed by atoms with Gasteiger partial charge in [-0.2, -0.15) is 13.2 Å². The van der Waals surface area contributed by atoms with Crippen molar-refractivity contribution < 1.29 is 18.0 Å². The normalized spacial score (nSPS) is 11.3. The van der Waals surface area contributed by atoms with Gasteiger partial charge in [-0.15, -0.1) is 11.3 Å². The number of anilines is 2. The molecule has 0 bridgehead atoms. The van der Waals surface area contributed by atoms with E-state index in [0.29, 0.717) is 11.4 Å². The standard InChI is InChI=1S/C12H10F3N3OS/c13-12(14,15)5-10(19)18-11-17-9(6-20-11)7-2-1-3-8(16)4-7/h1-4,6H,5,16H2,(H,17,18,19). The number of halogens is 3. The molecular formula is C12H10F3N3OS. The molecule has 0 radical (unpaired) electrons. The van der Waals surface area contributed by atoms with E-state index < -0.39 is 18.5 Å². The number of alkyl halides is 3. The molecule has 0 aliphatic carbocycles. The number of nitrogens with zero attached hydrogens (tertiary/aromatic N) is 1. The van der Waals surface area contributed by atoms with Crippen molar-refractivity contribution in [2.75, 3.05) is 11.1 Å². The number of thiazole rings is 1. The number of aromatic nitrogens is 1. The van der Waals surface area contributed by atoms with Crippen LogP contribution in [0.15, 0.2) is 29.6 Å². The number of hydrogen-bond donors (Lipinski definition) is 2. The Balaban J connectivity index is 2.08. The number of hydrogen-bond acceptors (Lipinski definition) is 4. The number of nitrogens with one attached hydrogen (secondary N) is 1. The summed E-state index contributed by atoms with van der Waals surface area (Å²) in [5.74, 6) is -1.13. The molecule has 0 aliphatic heterocycles. The van der Waals surface area contributed by atoms with Crippen LogP contribution >= 0.6 is 11.3 Å². The van der Waals surface area contributed by atoms with E-state index in [1.165, 1.54) is 0 Å². The van der Waals surface area contributed by atoms with Crippen molar-refractivity contribution >= 4 is 28.1 Å². The van der Waals surface area contributed by atoms with E-state index in [1.54, 1.807) is 29.6 Å². The van der Waals surface area contributed by atoms with Crippen LogP contribution in [0.4, 0.5) is 24.0 Å². The van der Waals surface area contributed by atoms with E-state index in [2.05, 4.69) is 10.3 Å². The minimum atomic E-state index is -4.53. The van der Waals surface area contributed by atoms with Gasteiger partial charge in [0.2, 0.25) is 5.91 Å². The highest BCUT2D eigenvalue weighted by atomic mass is 32.1. The fourth-order valence-corrected chi connectivity index (χ4v) is 2.24. The Bertz CT molecular complexity index is 624. The first-order valence-electron chi connectivity index (χ1n) is 5.51. The molecule has 1 heterocycles. The molecule has 2 aromatic rings. The van der Waals surface area contributed by atoms with Gasteiger partial charge in [0.1, 0.15) is 6.42 Å². The van der Waals surface area contributed by atoms with Crippen LogP contribution < -0.4 is 11.1 Å². The quantitative estimate of drug-likeness (QED) is 0.855. The van der Waals surface area contributed by atoms with Crippen LogP contribution in [0.3, 0.4) is 0 Å². The lowest BCUT2D eigenvalue weighted by Gasteiger charge is -2.05. The molecule has 4 nitrogen and oxygen atoms in total. The van der Waals surface area contributed by atoms with E-state index >= 15 is 0 Å². The highest BCUT2D eigenvalue weighted by Gasteiger charge is 2.31. The molecule has 20 heavy (non-hydrogen) atoms. The molecule has 0 unspecified atom stereocenters. The van der Waals surface area contributed by atoms with Gasteiger partial charge in [-0.3, -0.25) is 4.79 Å². The lowest BCUT2D eigenvalue weighted by molar-refractivity contribution is -0.150. The Labute approximate surface area is 116 Å². The molecule has 106 valence electrons. The summed E-state index contributed by atoms with van der Waals surface area (Å²) in [6.45, 7) is 0. The van der Waals surface area contributed by atoms with Crippen molar-refractivity contribution in [3.05, 3.63) is 29.6 Å². The largest absolute Gasteiger partial charge is 0.399 e. The summed E-state index contributed by atoms with van der Waals surface area (Å²) in [5.41, 5.74) is 7.47. The maximum absolute atomic E-state index is 12.0. The fraction of sp³-hybridized carbons (Fsp3) is 0.167. The topological polar surface area (TPSA) is 68.0 Å². The SMILES string of the molecule is Nc1cccc(-c2csc(NC(=O)CC(F)(F)F)n2)c1. The number of carbonyl (C=O) groups excluding carboxylic acids is 1. The van der Waals surface area contributed by atoms with Gasteiger partial charge in [0, 0.05) is 16.6 Å². The van der Waals surface area contributed by atoms with Gasteiger partial charge in [0.25, 0.3) is 0 Å². The molecule has 0 fully saturated rings. The van der Waals surface area contributed by atoms with E-state index in [9.17, 15) is 18.0 Å². The van der Waals surface area contributed by atoms with E-state index in [4.69, 9.17) is 5.73 Å². The van der Waals surface area contributed by atoms with Crippen LogP contribution in [0.5, 0.6) is 0 Å². The Kier molecular flexibility index (Phi) is 3.93. The lowest BCUT2D eigenvalue weighted by Crippen LogP contribution is -2.21. The molecule has 3 N–H and O–H groups in total. The number of rotatable bonds is 3. The van der Waals surface area contributed by atoms with Gasteiger partial charge >= 0.3 is 6.18 Å². The minimum Gasteiger partial charge on any atom is -0.399 e. The second kappa shape index (κ2) is 5.49. The molecule has 0 saturated heterocycles. The van der Waals surface area contributed by atoms with Crippen LogP contribution in [0.2, 0.25) is 0 Å². The van der Waals surface area contributed by atoms with Gasteiger partial charge in [-0.1, -0.05) is 12.1 Å². The molecule has 1 amide bonds. The molecule has 0 aliphatic rings. The third-order valence-corrected chi connectivity index (χ3v) is 3.05. The van der Waals surface area contributed by atoms with Crippen LogP contribution in [0, 0.1) is 0 Å². The molecule has 8 heteroatoms. The maximum Gasteiger partial charge on any atom is 0.397 e. The smallest absolute Gasteiger partial charge is 0.397 e. The first kappa shape index (κ1) is 14.3. The predicted molar refractivity (Wildman–Crippen MR) is 71.3 cm³/mol. The van der Waals surface area contributed by atoms with Gasteiger partial charge in [-0.25, -0.2) is 4.98 Å². The van der Waals surface area contributed by atoms with Crippen molar-refractivity contribution in [1.82, 2.24) is 4.98 Å². The molecule has 0 spiro atoms. The van der Waals surface area contributed by atoms with Crippen LogP contribution in [-0.2, 0) is 4.79 Å². The summed E-state index contributed by atoms with van der Waals surface area (Å²) in [7, 11) is 0. The van der Waals surface area contributed by atoms with Crippen LogP contribution in [-0.4, -0.2) is 17.1 Å². The highest BCUT2D eigenvalue weighted by molar-refractivity contribution is 7.14. The number of nitrogen functional groups attached to an aromatic ring is 1. The Hall–Kier alpha value is -2.09. The summed E-state index contributed by atoms with van der Waals surface area (Å²) in [5, 5.41) is 3.88. The summed E-state index contributed by atoms with van der Waals surface area (Å²) in [6, 6.07) is 6.91. The maximum atomic E-state index is 12.0. The average Bonchev–Trinajstić information content (AvgIpc) is 2.74. The number of carbonyl (C=O) groups is 1. The first-order chi connectivity index (χ1) is 9.33. The van der Waals surface area contributed by atoms with Crippen molar-refractivity contribution in [3.8, 4) is 11.3 Å². The summed E-state index contributed by atoms with van der Waals surface area (Å²) >= 11 is 1.05. The van der Waals surface area contributed by atoms with Gasteiger partial charge in [0.05, 0.1) is 5.69 Å². The van der Waals surface area contributed by atoms with Crippen molar-refractivity contribution in [2.45, 2.75) is 12.6 Å². The number of benzene rings is 1. The minimum absolute atomic E-state index is 0.122. The average molecular weight is 301 g/mol. The summed E-state index contributed by atoms with van der Waals surface area (Å²) in [6.07, 6.45) is -6.06. The molecule has 0 saturated carbocycles. The third kappa shape index (κ3) is 3.95. The molecule has 2 rings (SSSR count). The first-order valence-corrected chi connectivity index (χ1v) is 6.39. The van der Waals surface area contributed by atoms with Crippen LogP contribution in [0.1, 0.15) is 6.42 Å². The summed E-state index contributed by atoms with van der Waals surface area (Å²) < 4.78 is 36.1. The van der Waals surface area contributed by atoms with Gasteiger partial charge in [-0.05, 0) is 12.1 Å². The van der Waals surface area contributed by atoms with Crippen LogP contribution in [0.25, 0.3) is 11.3 Å². The van der Waals surface area contributed by atoms with Crippen molar-refractivity contribution in [3.63, 3.8) is 0 Å². The lowest BCUT2D eigenvalue weighted by atomic mass is 10.1. The van der Waals surface area contributed by atoms with E-state index in [-0.39, 0.29) is 5.13 Å². The second-order valence-corrected chi connectivity index (χ2v) is 4.86. The number of amides is 1.